The smallest absolute Gasteiger partial charge is 0.144 e. The summed E-state index contributed by atoms with van der Waals surface area (Å²) < 4.78 is 6.08. The van der Waals surface area contributed by atoms with Gasteiger partial charge >= 0.3 is 0 Å². The minimum Gasteiger partial charge on any atom is -0.457 e. The van der Waals surface area contributed by atoms with Gasteiger partial charge in [-0.05, 0) is 24.8 Å². The van der Waals surface area contributed by atoms with Gasteiger partial charge in [0.1, 0.15) is 26.9 Å². The molecule has 0 fully saturated rings. The summed E-state index contributed by atoms with van der Waals surface area (Å²) in [6, 6.07) is 8.67. The molecule has 0 aliphatic carbocycles. The fraction of sp³-hybridized carbons (Fsp3) is 0.143. The third-order valence-electron chi connectivity index (χ3n) is 3.85. The highest BCUT2D eigenvalue weighted by atomic mass is 16.3. The molecule has 1 nitrogen and oxygen atoms in total. The molecule has 0 atom stereocenters. The van der Waals surface area contributed by atoms with E-state index in [0.29, 0.717) is 0 Å². The second-order valence-electron chi connectivity index (χ2n) is 4.87. The van der Waals surface area contributed by atoms with Gasteiger partial charge in [0.15, 0.2) is 0 Å². The molecule has 0 aliphatic rings. The van der Waals surface area contributed by atoms with E-state index in [2.05, 4.69) is 53.8 Å². The van der Waals surface area contributed by atoms with Crippen LogP contribution < -0.4 is 10.9 Å². The van der Waals surface area contributed by atoms with E-state index in [-0.39, 0.29) is 0 Å². The van der Waals surface area contributed by atoms with Crippen molar-refractivity contribution in [1.82, 2.24) is 0 Å². The predicted octanol–water partition coefficient (Wildman–Crippen LogP) is 0.720. The number of fused-ring (bicyclic) bond motifs is 3. The highest BCUT2D eigenvalue weighted by Crippen LogP contribution is 2.27. The monoisotopic (exact) mass is 220 g/mol. The third-order valence-corrected chi connectivity index (χ3v) is 3.85. The Morgan fingerprint density at radius 2 is 1.18 bits per heavy atom. The molecule has 1 heterocycles. The first-order valence-electron chi connectivity index (χ1n) is 5.98. The van der Waals surface area contributed by atoms with Gasteiger partial charge in [-0.1, -0.05) is 35.4 Å². The van der Waals surface area contributed by atoms with Crippen molar-refractivity contribution in [2.75, 3.05) is 0 Å². The summed E-state index contributed by atoms with van der Waals surface area (Å²) in [6.07, 6.45) is 0. The largest absolute Gasteiger partial charge is 0.457 e. The molecule has 2 aromatic carbocycles. The van der Waals surface area contributed by atoms with Crippen LogP contribution in [0.3, 0.4) is 0 Å². The van der Waals surface area contributed by atoms with E-state index in [9.17, 15) is 0 Å². The van der Waals surface area contributed by atoms with E-state index in [1.807, 2.05) is 0 Å². The molecule has 0 bridgehead atoms. The van der Waals surface area contributed by atoms with Gasteiger partial charge in [0.05, 0.1) is 0 Å². The van der Waals surface area contributed by atoms with Gasteiger partial charge in [-0.25, -0.2) is 0 Å². The molecule has 1 aromatic heterocycles. The molecule has 82 valence electrons. The average Bonchev–Trinajstić information content (AvgIpc) is 2.69. The van der Waals surface area contributed by atoms with Crippen LogP contribution in [0.5, 0.6) is 0 Å². The first kappa shape index (κ1) is 10.5. The molecule has 0 aliphatic heterocycles. The number of hydrogen-bond donors (Lipinski definition) is 0. The average molecular weight is 220 g/mol. The predicted molar refractivity (Wildman–Crippen MR) is 79.5 cm³/mol. The van der Waals surface area contributed by atoms with Crippen molar-refractivity contribution in [2.24, 2.45) is 0 Å². The first-order valence-corrected chi connectivity index (χ1v) is 5.98. The summed E-state index contributed by atoms with van der Waals surface area (Å²) in [6.45, 7) is 4.25. The molecule has 0 spiro atoms. The van der Waals surface area contributed by atoms with Crippen molar-refractivity contribution in [1.29, 1.82) is 0 Å². The van der Waals surface area contributed by atoms with E-state index in [0.717, 1.165) is 11.2 Å². The summed E-state index contributed by atoms with van der Waals surface area (Å²) in [5, 5.41) is 2.46. The van der Waals surface area contributed by atoms with Crippen LogP contribution in [0.1, 0.15) is 11.1 Å². The number of rotatable bonds is 0. The zero-order valence-corrected chi connectivity index (χ0v) is 10.7. The van der Waals surface area contributed by atoms with Crippen LogP contribution in [0.2, 0.25) is 0 Å². The lowest BCUT2D eigenvalue weighted by Crippen LogP contribution is -2.07. The zero-order valence-electron chi connectivity index (χ0n) is 10.7. The van der Waals surface area contributed by atoms with Crippen molar-refractivity contribution in [3.8, 4) is 0 Å². The lowest BCUT2D eigenvalue weighted by molar-refractivity contribution is 0.673. The molecule has 0 unspecified atom stereocenters. The summed E-state index contributed by atoms with van der Waals surface area (Å²) in [5.41, 5.74) is 7.13. The SMILES string of the molecule is Bc1c(C)ccc2c1oc1c(B)c(C)ccc12. The van der Waals surface area contributed by atoms with Crippen LogP contribution in [0, 0.1) is 13.8 Å². The molecule has 3 aromatic rings. The molecule has 0 amide bonds. The normalized spacial score (nSPS) is 11.4. The molecule has 3 heteroatoms. The zero-order chi connectivity index (χ0) is 12.2. The van der Waals surface area contributed by atoms with Gasteiger partial charge in [-0.15, -0.1) is 0 Å². The Labute approximate surface area is 103 Å². The molecule has 0 saturated heterocycles. The highest BCUT2D eigenvalue weighted by Gasteiger charge is 2.12. The van der Waals surface area contributed by atoms with Crippen LogP contribution in [0.15, 0.2) is 28.7 Å². The van der Waals surface area contributed by atoms with Gasteiger partial charge in [0.2, 0.25) is 0 Å². The van der Waals surface area contributed by atoms with Crippen LogP contribution in [0.25, 0.3) is 21.9 Å². The first-order chi connectivity index (χ1) is 8.09. The van der Waals surface area contributed by atoms with Crippen molar-refractivity contribution in [3.63, 3.8) is 0 Å². The maximum atomic E-state index is 6.08. The maximum Gasteiger partial charge on any atom is 0.144 e. The van der Waals surface area contributed by atoms with Crippen LogP contribution >= 0.6 is 0 Å². The summed E-state index contributed by atoms with van der Waals surface area (Å²) >= 11 is 0. The topological polar surface area (TPSA) is 13.1 Å². The van der Waals surface area contributed by atoms with Crippen LogP contribution in [0.4, 0.5) is 0 Å². The summed E-state index contributed by atoms with van der Waals surface area (Å²) in [7, 11) is 4.25. The number of furan rings is 1. The third kappa shape index (κ3) is 1.35. The van der Waals surface area contributed by atoms with E-state index in [4.69, 9.17) is 4.42 Å². The number of benzene rings is 2. The molecule has 0 saturated carbocycles. The molecule has 0 radical (unpaired) electrons. The van der Waals surface area contributed by atoms with Gasteiger partial charge in [0.25, 0.3) is 0 Å². The van der Waals surface area contributed by atoms with Gasteiger partial charge < -0.3 is 4.42 Å². The standard InChI is InChI=1S/C14H14B2O/c1-7-3-5-9-10-6-4-8(2)12(16)14(10)17-13(9)11(7)15/h3-6H,15-16H2,1-2H3. The molecular weight excluding hydrogens is 206 g/mol. The Bertz CT molecular complexity index is 679. The van der Waals surface area contributed by atoms with Gasteiger partial charge in [-0.2, -0.15) is 0 Å². The Morgan fingerprint density at radius 1 is 0.765 bits per heavy atom. The second-order valence-corrected chi connectivity index (χ2v) is 4.87. The molecular formula is C14H14B2O. The Morgan fingerprint density at radius 3 is 1.59 bits per heavy atom. The van der Waals surface area contributed by atoms with Crippen molar-refractivity contribution >= 4 is 48.6 Å². The van der Waals surface area contributed by atoms with Crippen molar-refractivity contribution in [2.45, 2.75) is 13.8 Å². The minimum absolute atomic E-state index is 1.04. The number of aryl methyl sites for hydroxylation is 2. The van der Waals surface area contributed by atoms with Crippen LogP contribution in [-0.4, -0.2) is 15.7 Å². The van der Waals surface area contributed by atoms with E-state index in [1.54, 1.807) is 0 Å². The van der Waals surface area contributed by atoms with Crippen LogP contribution in [-0.2, 0) is 0 Å². The molecule has 0 N–H and O–H groups in total. The summed E-state index contributed by atoms with van der Waals surface area (Å²) in [5.74, 6) is 0. The van der Waals surface area contributed by atoms with Crippen molar-refractivity contribution < 1.29 is 4.42 Å². The van der Waals surface area contributed by atoms with E-state index < -0.39 is 0 Å². The lowest BCUT2D eigenvalue weighted by Gasteiger charge is -1.99. The van der Waals surface area contributed by atoms with Crippen molar-refractivity contribution in [3.05, 3.63) is 35.4 Å². The quantitative estimate of drug-likeness (QED) is 0.508. The van der Waals surface area contributed by atoms with E-state index in [1.165, 1.54) is 32.8 Å². The molecule has 3 rings (SSSR count). The van der Waals surface area contributed by atoms with Gasteiger partial charge in [-0.3, -0.25) is 0 Å². The Kier molecular flexibility index (Phi) is 2.12. The Balaban J connectivity index is 2.58. The fourth-order valence-electron chi connectivity index (χ4n) is 2.37. The number of hydrogen-bond acceptors (Lipinski definition) is 1. The second kappa shape index (κ2) is 3.43. The van der Waals surface area contributed by atoms with E-state index >= 15 is 0 Å². The lowest BCUT2D eigenvalue weighted by atomic mass is 9.87. The maximum absolute atomic E-state index is 6.08. The fourth-order valence-corrected chi connectivity index (χ4v) is 2.37. The molecule has 17 heavy (non-hydrogen) atoms. The van der Waals surface area contributed by atoms with Gasteiger partial charge in [0, 0.05) is 10.8 Å². The Hall–Kier alpha value is -1.63. The summed E-state index contributed by atoms with van der Waals surface area (Å²) in [4.78, 5) is 0. The highest BCUT2D eigenvalue weighted by molar-refractivity contribution is 6.43. The minimum atomic E-state index is 1.04.